The maximum absolute atomic E-state index is 14.4. The molecule has 2 aromatic heterocycles. The molecular formula is C41H38ClN5O7S. The number of hydrogen-bond donors (Lipinski definition) is 0. The van der Waals surface area contributed by atoms with E-state index in [9.17, 15) is 19.2 Å². The van der Waals surface area contributed by atoms with Crippen molar-refractivity contribution in [1.82, 2.24) is 14.7 Å². The Morgan fingerprint density at radius 2 is 1.56 bits per heavy atom. The molecule has 0 N–H and O–H groups in total. The van der Waals surface area contributed by atoms with Crippen molar-refractivity contribution in [3.05, 3.63) is 117 Å². The number of aromatic nitrogens is 2. The van der Waals surface area contributed by atoms with E-state index >= 15 is 0 Å². The topological polar surface area (TPSA) is 124 Å². The zero-order chi connectivity index (χ0) is 38.2. The molecule has 3 aliphatic rings. The third-order valence-corrected chi connectivity index (χ3v) is 11.8. The number of halogens is 1. The lowest BCUT2D eigenvalue weighted by atomic mass is 10.0. The quantitative estimate of drug-likeness (QED) is 0.149. The molecule has 12 nitrogen and oxygen atoms in total. The number of thiophene rings is 1. The zero-order valence-electron chi connectivity index (χ0n) is 30.3. The largest absolute Gasteiger partial charge is 0.497 e. The van der Waals surface area contributed by atoms with E-state index in [1.54, 1.807) is 47.2 Å². The van der Waals surface area contributed by atoms with Crippen LogP contribution in [0.1, 0.15) is 67.8 Å². The van der Waals surface area contributed by atoms with Crippen molar-refractivity contribution < 1.29 is 33.4 Å². The van der Waals surface area contributed by atoms with Gasteiger partial charge in [-0.15, -0.1) is 11.3 Å². The second kappa shape index (κ2) is 15.3. The predicted molar refractivity (Wildman–Crippen MR) is 208 cm³/mol. The van der Waals surface area contributed by atoms with Crippen LogP contribution in [0.5, 0.6) is 10.8 Å². The number of benzene rings is 3. The molecule has 8 rings (SSSR count). The number of rotatable bonds is 9. The van der Waals surface area contributed by atoms with Crippen LogP contribution in [0.3, 0.4) is 0 Å². The number of nitrogens with zero attached hydrogens (tertiary/aromatic N) is 5. The fraction of sp³-hybridized carbons (Fsp3) is 0.293. The van der Waals surface area contributed by atoms with Crippen LogP contribution < -0.4 is 19.3 Å². The lowest BCUT2D eigenvalue weighted by Gasteiger charge is -2.33. The van der Waals surface area contributed by atoms with Crippen molar-refractivity contribution in [1.29, 1.82) is 0 Å². The normalized spacial score (nSPS) is 16.3. The molecule has 55 heavy (non-hydrogen) atoms. The summed E-state index contributed by atoms with van der Waals surface area (Å²) in [5.74, 6) is -0.648. The average molecular weight is 780 g/mol. The van der Waals surface area contributed by atoms with Crippen LogP contribution in [0.25, 0.3) is 5.69 Å². The predicted octanol–water partition coefficient (Wildman–Crippen LogP) is 6.81. The van der Waals surface area contributed by atoms with E-state index < -0.39 is 18.0 Å². The van der Waals surface area contributed by atoms with Crippen molar-refractivity contribution in [2.24, 2.45) is 0 Å². The molecule has 5 aromatic rings. The van der Waals surface area contributed by atoms with Gasteiger partial charge in [0.1, 0.15) is 17.5 Å². The fourth-order valence-corrected chi connectivity index (χ4v) is 8.84. The van der Waals surface area contributed by atoms with E-state index in [0.717, 1.165) is 29.0 Å². The highest BCUT2D eigenvalue weighted by Gasteiger charge is 2.37. The Morgan fingerprint density at radius 1 is 0.836 bits per heavy atom. The van der Waals surface area contributed by atoms with E-state index in [1.165, 1.54) is 23.1 Å². The minimum atomic E-state index is -0.694. The van der Waals surface area contributed by atoms with Gasteiger partial charge in [0.25, 0.3) is 5.91 Å². The van der Waals surface area contributed by atoms with Crippen LogP contribution in [0, 0.1) is 0 Å². The first-order chi connectivity index (χ1) is 26.7. The molecule has 3 aromatic carbocycles. The Hall–Kier alpha value is -5.50. The van der Waals surface area contributed by atoms with Crippen molar-refractivity contribution >= 4 is 58.1 Å². The molecule has 14 heteroatoms. The first-order valence-corrected chi connectivity index (χ1v) is 19.3. The van der Waals surface area contributed by atoms with Gasteiger partial charge < -0.3 is 24.0 Å². The molecule has 1 fully saturated rings. The highest BCUT2D eigenvalue weighted by Crippen LogP contribution is 2.39. The standard InChI is InChI=1S/C41H38ClN5O7S/c1-52-29-16-14-28(15-17-29)47-37-31(18-22-46(39(37)49)27-12-10-26(11-13-27)45-20-6-5-9-34(45)48)36(43-47)40(50)54-35-23-25-24-44(21-19-33(25)55-35)38(41(51)53-2)30-7-3-4-8-32(30)42/h3-4,7-8,10-17,23,38H,5-6,9,18-22,24H2,1-2H3/t38-/m0/s1. The molecule has 282 valence electrons. The molecule has 2 amide bonds. The van der Waals surface area contributed by atoms with E-state index in [2.05, 4.69) is 0 Å². The Balaban J connectivity index is 1.06. The second-order valence-electron chi connectivity index (χ2n) is 13.6. The Kier molecular flexibility index (Phi) is 10.2. The molecule has 0 bridgehead atoms. The minimum Gasteiger partial charge on any atom is -0.497 e. The van der Waals surface area contributed by atoms with E-state index in [0.29, 0.717) is 83.8 Å². The number of amides is 2. The molecular weight excluding hydrogens is 742 g/mol. The number of esters is 2. The Labute approximate surface area is 326 Å². The smallest absolute Gasteiger partial charge is 0.365 e. The summed E-state index contributed by atoms with van der Waals surface area (Å²) in [6, 6.07) is 22.9. The summed E-state index contributed by atoms with van der Waals surface area (Å²) in [6.07, 6.45) is 3.38. The molecule has 5 heterocycles. The number of hydrogen-bond acceptors (Lipinski definition) is 10. The molecule has 0 spiro atoms. The van der Waals surface area contributed by atoms with Gasteiger partial charge in [-0.3, -0.25) is 14.5 Å². The van der Waals surface area contributed by atoms with Gasteiger partial charge in [0.2, 0.25) is 5.91 Å². The summed E-state index contributed by atoms with van der Waals surface area (Å²) in [5, 5.41) is 5.58. The average Bonchev–Trinajstić information content (AvgIpc) is 3.81. The van der Waals surface area contributed by atoms with Gasteiger partial charge >= 0.3 is 11.9 Å². The summed E-state index contributed by atoms with van der Waals surface area (Å²) < 4.78 is 18.0. The molecule has 3 aliphatic heterocycles. The zero-order valence-corrected chi connectivity index (χ0v) is 31.9. The molecule has 0 aliphatic carbocycles. The van der Waals surface area contributed by atoms with Gasteiger partial charge in [0.15, 0.2) is 10.8 Å². The van der Waals surface area contributed by atoms with Crippen LogP contribution in [-0.4, -0.2) is 72.3 Å². The molecule has 0 unspecified atom stereocenters. The third kappa shape index (κ3) is 6.99. The number of methoxy groups -OCH3 is 2. The molecule has 0 saturated carbocycles. The van der Waals surface area contributed by atoms with E-state index in [1.807, 2.05) is 53.4 Å². The van der Waals surface area contributed by atoms with Crippen LogP contribution in [0.2, 0.25) is 5.02 Å². The van der Waals surface area contributed by atoms with Gasteiger partial charge in [0.05, 0.1) is 19.9 Å². The molecule has 1 atom stereocenters. The first-order valence-electron chi connectivity index (χ1n) is 18.1. The molecule has 0 radical (unpaired) electrons. The highest BCUT2D eigenvalue weighted by atomic mass is 35.5. The van der Waals surface area contributed by atoms with Gasteiger partial charge in [0, 0.05) is 59.4 Å². The Bertz CT molecular complexity index is 2290. The van der Waals surface area contributed by atoms with Crippen LogP contribution >= 0.6 is 22.9 Å². The van der Waals surface area contributed by atoms with Crippen molar-refractivity contribution in [2.45, 2.75) is 44.7 Å². The number of piperidine rings is 1. The van der Waals surface area contributed by atoms with Crippen LogP contribution in [0.15, 0.2) is 78.9 Å². The molecule has 1 saturated heterocycles. The van der Waals surface area contributed by atoms with Crippen molar-refractivity contribution in [3.63, 3.8) is 0 Å². The van der Waals surface area contributed by atoms with Crippen LogP contribution in [0.4, 0.5) is 11.4 Å². The third-order valence-electron chi connectivity index (χ3n) is 10.4. The van der Waals surface area contributed by atoms with Gasteiger partial charge in [-0.25, -0.2) is 14.3 Å². The van der Waals surface area contributed by atoms with Gasteiger partial charge in [-0.05, 0) is 97.5 Å². The number of carbonyl (C=O) groups is 4. The maximum atomic E-state index is 14.4. The van der Waals surface area contributed by atoms with Gasteiger partial charge in [-0.1, -0.05) is 29.8 Å². The lowest BCUT2D eigenvalue weighted by Crippen LogP contribution is -2.39. The number of ether oxygens (including phenoxy) is 3. The summed E-state index contributed by atoms with van der Waals surface area (Å²) in [6.45, 7) is 1.99. The summed E-state index contributed by atoms with van der Waals surface area (Å²) >= 11 is 7.89. The van der Waals surface area contributed by atoms with E-state index in [4.69, 9.17) is 30.9 Å². The van der Waals surface area contributed by atoms with Crippen molar-refractivity contribution in [3.8, 4) is 16.5 Å². The maximum Gasteiger partial charge on any atom is 0.365 e. The first kappa shape index (κ1) is 36.5. The van der Waals surface area contributed by atoms with Gasteiger partial charge in [-0.2, -0.15) is 5.10 Å². The van der Waals surface area contributed by atoms with E-state index in [-0.39, 0.29) is 23.2 Å². The lowest BCUT2D eigenvalue weighted by molar-refractivity contribution is -0.147. The summed E-state index contributed by atoms with van der Waals surface area (Å²) in [7, 11) is 2.93. The Morgan fingerprint density at radius 3 is 2.27 bits per heavy atom. The number of anilines is 2. The summed E-state index contributed by atoms with van der Waals surface area (Å²) in [5.41, 5.74) is 4.51. The number of fused-ring (bicyclic) bond motifs is 2. The van der Waals surface area contributed by atoms with Crippen LogP contribution in [-0.2, 0) is 33.7 Å². The second-order valence-corrected chi connectivity index (χ2v) is 15.1. The fourth-order valence-electron chi connectivity index (χ4n) is 7.59. The SMILES string of the molecule is COC(=O)[C@H](c1ccccc1Cl)N1CCc2sc(OC(=O)c3nn(-c4ccc(OC)cc4)c4c3CCN(c3ccc(N5CCCCC5=O)cc3)C4=O)cc2C1. The summed E-state index contributed by atoms with van der Waals surface area (Å²) in [4.78, 5) is 60.4. The highest BCUT2D eigenvalue weighted by molar-refractivity contribution is 7.14. The monoisotopic (exact) mass is 779 g/mol. The number of carbonyl (C=O) groups excluding carboxylic acids is 4. The minimum absolute atomic E-state index is 0.0650. The van der Waals surface area contributed by atoms with Crippen molar-refractivity contribution in [2.75, 3.05) is 43.7 Å².